The van der Waals surface area contributed by atoms with E-state index in [1.54, 1.807) is 0 Å². The molecule has 0 radical (unpaired) electrons. The number of halogens is 3. The molecule has 0 aliphatic carbocycles. The summed E-state index contributed by atoms with van der Waals surface area (Å²) in [4.78, 5) is 24.5. The van der Waals surface area contributed by atoms with Crippen LogP contribution in [0.25, 0.3) is 0 Å². The van der Waals surface area contributed by atoms with Crippen LogP contribution >= 0.6 is 0 Å². The fourth-order valence-electron chi connectivity index (χ4n) is 1.82. The van der Waals surface area contributed by atoms with Gasteiger partial charge in [-0.2, -0.15) is 13.2 Å². The van der Waals surface area contributed by atoms with Gasteiger partial charge in [-0.3, -0.25) is 9.59 Å². The van der Waals surface area contributed by atoms with Gasteiger partial charge in [0.25, 0.3) is 0 Å². The number of hydrogen-bond donors (Lipinski definition) is 1. The van der Waals surface area contributed by atoms with Crippen LogP contribution < -0.4 is 10.2 Å². The molecule has 0 aliphatic heterocycles. The Morgan fingerprint density at radius 3 is 2.23 bits per heavy atom. The molecule has 0 saturated carbocycles. The lowest BCUT2D eigenvalue weighted by molar-refractivity contribution is -0.137. The molecule has 2 amide bonds. The van der Waals surface area contributed by atoms with Crippen LogP contribution in [0.3, 0.4) is 0 Å². The first-order valence-corrected chi connectivity index (χ1v) is 6.97. The third-order valence-corrected chi connectivity index (χ3v) is 3.04. The average molecular weight is 316 g/mol. The minimum absolute atomic E-state index is 0.218. The number of rotatable bonds is 6. The summed E-state index contributed by atoms with van der Waals surface area (Å²) in [7, 11) is 0. The van der Waals surface area contributed by atoms with E-state index in [-0.39, 0.29) is 18.1 Å². The number of hydrogen-bond acceptors (Lipinski definition) is 2. The molecule has 1 N–H and O–H groups in total. The van der Waals surface area contributed by atoms with Crippen molar-refractivity contribution < 1.29 is 22.8 Å². The second-order valence-electron chi connectivity index (χ2n) is 4.85. The molecule has 0 aromatic heterocycles. The van der Waals surface area contributed by atoms with Crippen LogP contribution in [0.1, 0.15) is 32.3 Å². The Kier molecular flexibility index (Phi) is 6.39. The van der Waals surface area contributed by atoms with Crippen LogP contribution in [0.15, 0.2) is 24.3 Å². The fraction of sp³-hybridized carbons (Fsp3) is 0.467. The van der Waals surface area contributed by atoms with Gasteiger partial charge >= 0.3 is 6.18 Å². The predicted molar refractivity (Wildman–Crippen MR) is 77.4 cm³/mol. The third kappa shape index (κ3) is 5.38. The highest BCUT2D eigenvalue weighted by molar-refractivity contribution is 5.97. The molecule has 0 heterocycles. The summed E-state index contributed by atoms with van der Waals surface area (Å²) in [5.41, 5.74) is -0.543. The number of benzene rings is 1. The highest BCUT2D eigenvalue weighted by atomic mass is 19.4. The smallest absolute Gasteiger partial charge is 0.355 e. The molecule has 1 aromatic rings. The van der Waals surface area contributed by atoms with E-state index in [9.17, 15) is 22.8 Å². The van der Waals surface area contributed by atoms with Crippen molar-refractivity contribution in [3.63, 3.8) is 0 Å². The number of carbonyl (C=O) groups excluding carboxylic acids is 2. The number of unbranched alkanes of at least 4 members (excludes halogenated alkanes) is 1. The minimum atomic E-state index is -4.43. The van der Waals surface area contributed by atoms with Crippen LogP contribution in [0, 0.1) is 0 Å². The lowest BCUT2D eigenvalue weighted by Crippen LogP contribution is -2.40. The fourth-order valence-corrected chi connectivity index (χ4v) is 1.82. The van der Waals surface area contributed by atoms with Gasteiger partial charge in [-0.25, -0.2) is 0 Å². The van der Waals surface area contributed by atoms with E-state index in [2.05, 4.69) is 5.32 Å². The summed E-state index contributed by atoms with van der Waals surface area (Å²) in [5.74, 6) is -0.756. The maximum Gasteiger partial charge on any atom is 0.416 e. The summed E-state index contributed by atoms with van der Waals surface area (Å²) < 4.78 is 37.6. The summed E-state index contributed by atoms with van der Waals surface area (Å²) in [6.07, 6.45) is -2.68. The van der Waals surface area contributed by atoms with Gasteiger partial charge in [0.1, 0.15) is 6.54 Å². The first-order chi connectivity index (χ1) is 10.3. The van der Waals surface area contributed by atoms with Crippen molar-refractivity contribution in [3.05, 3.63) is 29.8 Å². The van der Waals surface area contributed by atoms with Crippen molar-refractivity contribution in [1.29, 1.82) is 0 Å². The van der Waals surface area contributed by atoms with Crippen LogP contribution in [-0.2, 0) is 15.8 Å². The Hall–Kier alpha value is -2.05. The Labute approximate surface area is 127 Å². The summed E-state index contributed by atoms with van der Waals surface area (Å²) in [6, 6.07) is 4.15. The van der Waals surface area contributed by atoms with Gasteiger partial charge in [0, 0.05) is 19.2 Å². The van der Waals surface area contributed by atoms with Crippen LogP contribution in [0.5, 0.6) is 0 Å². The Bertz CT molecular complexity index is 513. The predicted octanol–water partition coefficient (Wildman–Crippen LogP) is 2.97. The molecule has 7 heteroatoms. The van der Waals surface area contributed by atoms with E-state index in [0.717, 1.165) is 29.9 Å². The molecule has 0 aliphatic rings. The molecular formula is C15H19F3N2O2. The van der Waals surface area contributed by atoms with E-state index < -0.39 is 17.6 Å². The van der Waals surface area contributed by atoms with Gasteiger partial charge in [-0.05, 0) is 30.7 Å². The first-order valence-electron chi connectivity index (χ1n) is 6.97. The molecule has 0 spiro atoms. The van der Waals surface area contributed by atoms with E-state index >= 15 is 0 Å². The van der Waals surface area contributed by atoms with E-state index in [1.165, 1.54) is 19.1 Å². The van der Waals surface area contributed by atoms with Crippen LogP contribution in [0.2, 0.25) is 0 Å². The van der Waals surface area contributed by atoms with Crippen molar-refractivity contribution in [2.45, 2.75) is 32.9 Å². The largest absolute Gasteiger partial charge is 0.416 e. The number of anilines is 1. The standard InChI is InChI=1S/C15H19F3N2O2/c1-3-4-9-19-14(22)10-20(11(2)21)13-7-5-12(6-8-13)15(16,17)18/h5-8H,3-4,9-10H2,1-2H3,(H,19,22). The van der Waals surface area contributed by atoms with Gasteiger partial charge in [-0.1, -0.05) is 13.3 Å². The Morgan fingerprint density at radius 2 is 1.77 bits per heavy atom. The van der Waals surface area contributed by atoms with Gasteiger partial charge in [0.05, 0.1) is 5.56 Å². The van der Waals surface area contributed by atoms with Crippen molar-refractivity contribution >= 4 is 17.5 Å². The molecule has 0 fully saturated rings. The zero-order chi connectivity index (χ0) is 16.8. The summed E-state index contributed by atoms with van der Waals surface area (Å²) in [6.45, 7) is 3.53. The minimum Gasteiger partial charge on any atom is -0.355 e. The maximum absolute atomic E-state index is 12.5. The van der Waals surface area contributed by atoms with E-state index in [0.29, 0.717) is 6.54 Å². The monoisotopic (exact) mass is 316 g/mol. The Morgan fingerprint density at radius 1 is 1.18 bits per heavy atom. The molecular weight excluding hydrogens is 297 g/mol. The van der Waals surface area contributed by atoms with Crippen LogP contribution in [0.4, 0.5) is 18.9 Å². The summed E-state index contributed by atoms with van der Waals surface area (Å²) in [5, 5.41) is 2.66. The summed E-state index contributed by atoms with van der Waals surface area (Å²) >= 11 is 0. The molecule has 4 nitrogen and oxygen atoms in total. The third-order valence-electron chi connectivity index (χ3n) is 3.04. The molecule has 22 heavy (non-hydrogen) atoms. The van der Waals surface area contributed by atoms with E-state index in [4.69, 9.17) is 0 Å². The lowest BCUT2D eigenvalue weighted by Gasteiger charge is -2.21. The number of amides is 2. The van der Waals surface area contributed by atoms with Crippen molar-refractivity contribution in [2.24, 2.45) is 0 Å². The van der Waals surface area contributed by atoms with Crippen molar-refractivity contribution in [1.82, 2.24) is 5.32 Å². The molecule has 122 valence electrons. The van der Waals surface area contributed by atoms with Crippen LogP contribution in [-0.4, -0.2) is 24.9 Å². The number of alkyl halides is 3. The quantitative estimate of drug-likeness (QED) is 0.820. The molecule has 0 unspecified atom stereocenters. The van der Waals surface area contributed by atoms with Gasteiger partial charge in [0.15, 0.2) is 0 Å². The zero-order valence-electron chi connectivity index (χ0n) is 12.5. The normalized spacial score (nSPS) is 11.1. The zero-order valence-corrected chi connectivity index (χ0v) is 12.5. The topological polar surface area (TPSA) is 49.4 Å². The number of nitrogens with zero attached hydrogens (tertiary/aromatic N) is 1. The highest BCUT2D eigenvalue weighted by Gasteiger charge is 2.30. The lowest BCUT2D eigenvalue weighted by atomic mass is 10.2. The first kappa shape index (κ1) is 18.0. The highest BCUT2D eigenvalue weighted by Crippen LogP contribution is 2.30. The number of nitrogens with one attached hydrogen (secondary N) is 1. The van der Waals surface area contributed by atoms with Crippen molar-refractivity contribution in [2.75, 3.05) is 18.0 Å². The molecule has 1 rings (SSSR count). The molecule has 0 bridgehead atoms. The molecule has 0 saturated heterocycles. The second kappa shape index (κ2) is 7.82. The number of carbonyl (C=O) groups is 2. The Balaban J connectivity index is 2.79. The van der Waals surface area contributed by atoms with E-state index in [1.807, 2.05) is 6.92 Å². The second-order valence-corrected chi connectivity index (χ2v) is 4.85. The van der Waals surface area contributed by atoms with Gasteiger partial charge < -0.3 is 10.2 Å². The molecule has 0 atom stereocenters. The van der Waals surface area contributed by atoms with Gasteiger partial charge in [-0.15, -0.1) is 0 Å². The SMILES string of the molecule is CCCCNC(=O)CN(C(C)=O)c1ccc(C(F)(F)F)cc1. The van der Waals surface area contributed by atoms with Gasteiger partial charge in [0.2, 0.25) is 11.8 Å². The van der Waals surface area contributed by atoms with Crippen molar-refractivity contribution in [3.8, 4) is 0 Å². The average Bonchev–Trinajstić information content (AvgIpc) is 2.44. The molecule has 1 aromatic carbocycles. The maximum atomic E-state index is 12.5.